The summed E-state index contributed by atoms with van der Waals surface area (Å²) in [6, 6.07) is 11.6. The van der Waals surface area contributed by atoms with E-state index in [1.54, 1.807) is 6.07 Å². The maximum absolute atomic E-state index is 10.4. The molecule has 0 fully saturated rings. The number of carboxylic acid groups (broad SMARTS) is 1. The van der Waals surface area contributed by atoms with Crippen molar-refractivity contribution in [3.05, 3.63) is 36.0 Å². The van der Waals surface area contributed by atoms with E-state index in [9.17, 15) is 4.79 Å². The predicted octanol–water partition coefficient (Wildman–Crippen LogP) is 1.78. The minimum atomic E-state index is -1.06. The van der Waals surface area contributed by atoms with E-state index in [0.29, 0.717) is 12.2 Å². The Hall–Kier alpha value is -2.48. The second kappa shape index (κ2) is 4.58. The molecule has 5 heteroatoms. The second-order valence-corrected chi connectivity index (χ2v) is 3.58. The highest BCUT2D eigenvalue weighted by Crippen LogP contribution is 2.18. The van der Waals surface area contributed by atoms with Gasteiger partial charge in [-0.2, -0.15) is 5.26 Å². The van der Waals surface area contributed by atoms with E-state index in [4.69, 9.17) is 10.4 Å². The molecule has 1 amide bonds. The van der Waals surface area contributed by atoms with Gasteiger partial charge in [-0.05, 0) is 12.1 Å². The maximum Gasteiger partial charge on any atom is 0.404 e. The number of amides is 1. The highest BCUT2D eigenvalue weighted by atomic mass is 16.4. The van der Waals surface area contributed by atoms with Crippen LogP contribution in [0.15, 0.2) is 30.3 Å². The fourth-order valence-electron chi connectivity index (χ4n) is 1.82. The Kier molecular flexibility index (Phi) is 2.97. The summed E-state index contributed by atoms with van der Waals surface area (Å²) in [5.74, 6) is 0. The zero-order chi connectivity index (χ0) is 12.3. The molecule has 0 aliphatic rings. The number of fused-ring (bicyclic) bond motifs is 1. The number of para-hydroxylation sites is 1. The summed E-state index contributed by atoms with van der Waals surface area (Å²) < 4.78 is 1.81. The van der Waals surface area contributed by atoms with Gasteiger partial charge in [0.2, 0.25) is 0 Å². The van der Waals surface area contributed by atoms with Crippen molar-refractivity contribution in [2.45, 2.75) is 6.54 Å². The molecule has 1 heterocycles. The molecule has 0 aliphatic carbocycles. The van der Waals surface area contributed by atoms with Gasteiger partial charge in [-0.25, -0.2) is 4.79 Å². The number of benzene rings is 1. The number of nitriles is 1. The van der Waals surface area contributed by atoms with Crippen LogP contribution in [0.5, 0.6) is 0 Å². The van der Waals surface area contributed by atoms with E-state index in [0.717, 1.165) is 10.9 Å². The molecule has 0 atom stereocenters. The van der Waals surface area contributed by atoms with Crippen LogP contribution >= 0.6 is 0 Å². The van der Waals surface area contributed by atoms with Crippen LogP contribution in [0, 0.1) is 11.3 Å². The Balaban J connectivity index is 2.31. The third-order valence-corrected chi connectivity index (χ3v) is 2.54. The summed E-state index contributed by atoms with van der Waals surface area (Å²) >= 11 is 0. The van der Waals surface area contributed by atoms with Gasteiger partial charge in [0.05, 0.1) is 0 Å². The number of hydrogen-bond acceptors (Lipinski definition) is 2. The Bertz CT molecular complexity index is 595. The number of carbonyl (C=O) groups is 1. The Morgan fingerprint density at radius 2 is 2.24 bits per heavy atom. The predicted molar refractivity (Wildman–Crippen MR) is 62.7 cm³/mol. The van der Waals surface area contributed by atoms with Gasteiger partial charge in [-0.1, -0.05) is 18.2 Å². The van der Waals surface area contributed by atoms with Crippen LogP contribution in [0.2, 0.25) is 0 Å². The number of rotatable bonds is 3. The number of nitrogens with one attached hydrogen (secondary N) is 1. The van der Waals surface area contributed by atoms with Crippen LogP contribution in [-0.4, -0.2) is 22.3 Å². The van der Waals surface area contributed by atoms with Gasteiger partial charge in [0, 0.05) is 24.0 Å². The van der Waals surface area contributed by atoms with E-state index in [2.05, 4.69) is 11.4 Å². The molecular weight excluding hydrogens is 218 g/mol. The molecule has 2 N–H and O–H groups in total. The minimum absolute atomic E-state index is 0.280. The lowest BCUT2D eigenvalue weighted by molar-refractivity contribution is 0.194. The molecule has 2 aromatic rings. The lowest BCUT2D eigenvalue weighted by atomic mass is 10.2. The van der Waals surface area contributed by atoms with Crippen molar-refractivity contribution in [2.24, 2.45) is 0 Å². The Labute approximate surface area is 97.9 Å². The molecule has 0 bridgehead atoms. The average molecular weight is 229 g/mol. The van der Waals surface area contributed by atoms with Crippen molar-refractivity contribution in [3.63, 3.8) is 0 Å². The summed E-state index contributed by atoms with van der Waals surface area (Å²) in [5.41, 5.74) is 1.48. The summed E-state index contributed by atoms with van der Waals surface area (Å²) in [6.45, 7) is 0.728. The summed E-state index contributed by atoms with van der Waals surface area (Å²) in [7, 11) is 0. The molecule has 0 spiro atoms. The summed E-state index contributed by atoms with van der Waals surface area (Å²) in [5, 5.41) is 20.8. The fraction of sp³-hybridized carbons (Fsp3) is 0.167. The van der Waals surface area contributed by atoms with Crippen LogP contribution < -0.4 is 5.32 Å². The topological polar surface area (TPSA) is 78.0 Å². The molecule has 0 aliphatic heterocycles. The van der Waals surface area contributed by atoms with Crippen LogP contribution in [0.1, 0.15) is 5.69 Å². The average Bonchev–Trinajstić information content (AvgIpc) is 2.67. The number of hydrogen-bond donors (Lipinski definition) is 2. The smallest absolute Gasteiger partial charge is 0.404 e. The lowest BCUT2D eigenvalue weighted by Gasteiger charge is -2.06. The molecule has 86 valence electrons. The molecule has 0 saturated heterocycles. The first-order valence-electron chi connectivity index (χ1n) is 5.17. The first kappa shape index (κ1) is 11.0. The minimum Gasteiger partial charge on any atom is -0.465 e. The molecule has 1 aromatic heterocycles. The van der Waals surface area contributed by atoms with Gasteiger partial charge < -0.3 is 15.0 Å². The van der Waals surface area contributed by atoms with E-state index in [1.165, 1.54) is 0 Å². The van der Waals surface area contributed by atoms with Gasteiger partial charge in [-0.3, -0.25) is 0 Å². The van der Waals surface area contributed by atoms with Crippen LogP contribution in [0.3, 0.4) is 0 Å². The van der Waals surface area contributed by atoms with E-state index in [-0.39, 0.29) is 6.54 Å². The molecule has 5 nitrogen and oxygen atoms in total. The molecule has 0 unspecified atom stereocenters. The normalized spacial score (nSPS) is 10.1. The number of nitrogens with zero attached hydrogens (tertiary/aromatic N) is 2. The zero-order valence-electron chi connectivity index (χ0n) is 9.05. The number of aromatic nitrogens is 1. The van der Waals surface area contributed by atoms with Crippen LogP contribution in [0.4, 0.5) is 4.79 Å². The van der Waals surface area contributed by atoms with Gasteiger partial charge in [-0.15, -0.1) is 0 Å². The standard InChI is InChI=1S/C12H11N3O2/c13-8-10-7-9-3-1-2-4-11(9)15(10)6-5-14-12(16)17/h1-4,7,14H,5-6H2,(H,16,17). The SMILES string of the molecule is N#Cc1cc2ccccc2n1CCNC(=O)O. The van der Waals surface area contributed by atoms with Crippen LogP contribution in [0.25, 0.3) is 10.9 Å². The van der Waals surface area contributed by atoms with Crippen molar-refractivity contribution in [1.29, 1.82) is 5.26 Å². The van der Waals surface area contributed by atoms with E-state index in [1.807, 2.05) is 28.8 Å². The first-order valence-corrected chi connectivity index (χ1v) is 5.17. The first-order chi connectivity index (χ1) is 8.22. The molecule has 17 heavy (non-hydrogen) atoms. The third-order valence-electron chi connectivity index (χ3n) is 2.54. The van der Waals surface area contributed by atoms with Crippen LogP contribution in [-0.2, 0) is 6.54 Å². The molecule has 0 saturated carbocycles. The maximum atomic E-state index is 10.4. The largest absolute Gasteiger partial charge is 0.465 e. The third kappa shape index (κ3) is 2.21. The van der Waals surface area contributed by atoms with Crippen molar-refractivity contribution in [2.75, 3.05) is 6.54 Å². The molecule has 2 rings (SSSR count). The summed E-state index contributed by atoms with van der Waals surface area (Å²) in [4.78, 5) is 10.4. The van der Waals surface area contributed by atoms with Gasteiger partial charge in [0.1, 0.15) is 11.8 Å². The van der Waals surface area contributed by atoms with Gasteiger partial charge in [0.25, 0.3) is 0 Å². The zero-order valence-corrected chi connectivity index (χ0v) is 9.05. The Morgan fingerprint density at radius 1 is 1.47 bits per heavy atom. The van der Waals surface area contributed by atoms with Gasteiger partial charge in [0.15, 0.2) is 0 Å². The summed E-state index contributed by atoms with van der Waals surface area (Å²) in [6.07, 6.45) is -1.06. The van der Waals surface area contributed by atoms with Crippen molar-refractivity contribution in [3.8, 4) is 6.07 Å². The van der Waals surface area contributed by atoms with E-state index >= 15 is 0 Å². The monoisotopic (exact) mass is 229 g/mol. The Morgan fingerprint density at radius 3 is 2.94 bits per heavy atom. The highest BCUT2D eigenvalue weighted by Gasteiger charge is 2.07. The molecular formula is C12H11N3O2. The lowest BCUT2D eigenvalue weighted by Crippen LogP contribution is -2.25. The van der Waals surface area contributed by atoms with Gasteiger partial charge >= 0.3 is 6.09 Å². The van der Waals surface area contributed by atoms with Crippen molar-refractivity contribution < 1.29 is 9.90 Å². The quantitative estimate of drug-likeness (QED) is 0.842. The van der Waals surface area contributed by atoms with Crippen molar-refractivity contribution >= 4 is 17.0 Å². The van der Waals surface area contributed by atoms with E-state index < -0.39 is 6.09 Å². The highest BCUT2D eigenvalue weighted by molar-refractivity contribution is 5.82. The fourth-order valence-corrected chi connectivity index (χ4v) is 1.82. The second-order valence-electron chi connectivity index (χ2n) is 3.58. The molecule has 1 aromatic carbocycles. The van der Waals surface area contributed by atoms with Crippen molar-refractivity contribution in [1.82, 2.24) is 9.88 Å². The molecule has 0 radical (unpaired) electrons.